The zero-order chi connectivity index (χ0) is 9.84. The summed E-state index contributed by atoms with van der Waals surface area (Å²) >= 11 is 4.64. The SMILES string of the molecule is CC(C)[C@@H](CO)Nc1nnc(Br)s1. The molecule has 0 saturated carbocycles. The van der Waals surface area contributed by atoms with Crippen LogP contribution in [0, 0.1) is 5.92 Å². The smallest absolute Gasteiger partial charge is 0.206 e. The maximum Gasteiger partial charge on any atom is 0.206 e. The fourth-order valence-corrected chi connectivity index (χ4v) is 1.92. The van der Waals surface area contributed by atoms with Gasteiger partial charge in [-0.3, -0.25) is 0 Å². The van der Waals surface area contributed by atoms with Gasteiger partial charge in [0.05, 0.1) is 12.6 Å². The lowest BCUT2D eigenvalue weighted by Gasteiger charge is -2.18. The van der Waals surface area contributed by atoms with Crippen molar-refractivity contribution in [3.05, 3.63) is 3.92 Å². The summed E-state index contributed by atoms with van der Waals surface area (Å²) in [5.74, 6) is 0.368. The van der Waals surface area contributed by atoms with Gasteiger partial charge in [0, 0.05) is 0 Å². The molecule has 6 heteroatoms. The van der Waals surface area contributed by atoms with E-state index in [1.165, 1.54) is 11.3 Å². The highest BCUT2D eigenvalue weighted by Gasteiger charge is 2.13. The van der Waals surface area contributed by atoms with Crippen LogP contribution in [0.2, 0.25) is 0 Å². The summed E-state index contributed by atoms with van der Waals surface area (Å²) in [5, 5.41) is 20.6. The van der Waals surface area contributed by atoms with Crippen LogP contribution in [0.4, 0.5) is 5.13 Å². The summed E-state index contributed by atoms with van der Waals surface area (Å²) in [6, 6.07) is 0.0415. The lowest BCUT2D eigenvalue weighted by atomic mass is 10.1. The molecule has 0 radical (unpaired) electrons. The van der Waals surface area contributed by atoms with Crippen LogP contribution in [0.25, 0.3) is 0 Å². The van der Waals surface area contributed by atoms with Crippen LogP contribution in [0.15, 0.2) is 3.92 Å². The van der Waals surface area contributed by atoms with Gasteiger partial charge < -0.3 is 10.4 Å². The number of aromatic nitrogens is 2. The maximum absolute atomic E-state index is 9.05. The van der Waals surface area contributed by atoms with Crippen molar-refractivity contribution >= 4 is 32.4 Å². The van der Waals surface area contributed by atoms with E-state index in [4.69, 9.17) is 5.11 Å². The number of halogens is 1. The fourth-order valence-electron chi connectivity index (χ4n) is 0.845. The Morgan fingerprint density at radius 1 is 1.54 bits per heavy atom. The van der Waals surface area contributed by atoms with Crippen molar-refractivity contribution in [2.45, 2.75) is 19.9 Å². The molecule has 0 unspecified atom stereocenters. The van der Waals surface area contributed by atoms with E-state index >= 15 is 0 Å². The number of rotatable bonds is 4. The standard InChI is InChI=1S/C7H12BrN3OS/c1-4(2)5(3-12)9-7-11-10-6(8)13-7/h4-5,12H,3H2,1-2H3,(H,9,11)/t5-/m1/s1. The van der Waals surface area contributed by atoms with Crippen molar-refractivity contribution in [2.75, 3.05) is 11.9 Å². The molecule has 0 aliphatic rings. The molecule has 1 atom stereocenters. The third-order valence-electron chi connectivity index (χ3n) is 1.71. The lowest BCUT2D eigenvalue weighted by Crippen LogP contribution is -2.29. The molecule has 0 aliphatic carbocycles. The number of anilines is 1. The second-order valence-corrected chi connectivity index (χ2v) is 5.29. The van der Waals surface area contributed by atoms with Crippen LogP contribution < -0.4 is 5.32 Å². The Morgan fingerprint density at radius 2 is 2.23 bits per heavy atom. The average molecular weight is 266 g/mol. The van der Waals surface area contributed by atoms with Gasteiger partial charge >= 0.3 is 0 Å². The van der Waals surface area contributed by atoms with Crippen LogP contribution in [-0.2, 0) is 0 Å². The first kappa shape index (κ1) is 10.9. The van der Waals surface area contributed by atoms with E-state index in [-0.39, 0.29) is 12.6 Å². The van der Waals surface area contributed by atoms with Gasteiger partial charge in [-0.25, -0.2) is 0 Å². The molecule has 0 bridgehead atoms. The molecule has 1 aromatic heterocycles. The molecule has 13 heavy (non-hydrogen) atoms. The quantitative estimate of drug-likeness (QED) is 0.871. The first-order valence-electron chi connectivity index (χ1n) is 4.00. The molecule has 1 heterocycles. The Morgan fingerprint density at radius 3 is 2.62 bits per heavy atom. The van der Waals surface area contributed by atoms with E-state index in [1.807, 2.05) is 13.8 Å². The predicted octanol–water partition coefficient (Wildman–Crippen LogP) is 1.73. The van der Waals surface area contributed by atoms with Gasteiger partial charge in [0.15, 0.2) is 3.92 Å². The highest BCUT2D eigenvalue weighted by Crippen LogP contribution is 2.21. The van der Waals surface area contributed by atoms with Gasteiger partial charge in [-0.1, -0.05) is 25.2 Å². The number of hydrogen-bond donors (Lipinski definition) is 2. The minimum Gasteiger partial charge on any atom is -0.394 e. The first-order valence-corrected chi connectivity index (χ1v) is 5.61. The first-order chi connectivity index (χ1) is 6.13. The van der Waals surface area contributed by atoms with Gasteiger partial charge in [-0.2, -0.15) is 0 Å². The molecule has 0 spiro atoms. The Kier molecular flexibility index (Phi) is 4.08. The molecule has 0 amide bonds. The van der Waals surface area contributed by atoms with Crippen LogP contribution in [0.1, 0.15) is 13.8 Å². The number of nitrogens with one attached hydrogen (secondary N) is 1. The molecule has 1 aromatic rings. The van der Waals surface area contributed by atoms with Crippen molar-refractivity contribution in [3.8, 4) is 0 Å². The highest BCUT2D eigenvalue weighted by atomic mass is 79.9. The molecule has 0 aromatic carbocycles. The van der Waals surface area contributed by atoms with Crippen molar-refractivity contribution in [2.24, 2.45) is 5.92 Å². The lowest BCUT2D eigenvalue weighted by molar-refractivity contribution is 0.249. The molecule has 1 rings (SSSR count). The Labute approximate surface area is 89.5 Å². The zero-order valence-electron chi connectivity index (χ0n) is 7.49. The summed E-state index contributed by atoms with van der Waals surface area (Å²) in [6.07, 6.45) is 0. The van der Waals surface area contributed by atoms with Crippen molar-refractivity contribution in [1.29, 1.82) is 0 Å². The summed E-state index contributed by atoms with van der Waals surface area (Å²) < 4.78 is 0.746. The van der Waals surface area contributed by atoms with Gasteiger partial charge in [0.1, 0.15) is 0 Å². The fraction of sp³-hybridized carbons (Fsp3) is 0.714. The van der Waals surface area contributed by atoms with E-state index in [0.717, 1.165) is 9.05 Å². The van der Waals surface area contributed by atoms with Crippen LogP contribution >= 0.6 is 27.3 Å². The monoisotopic (exact) mass is 265 g/mol. The summed E-state index contributed by atoms with van der Waals surface area (Å²) in [5.41, 5.74) is 0. The van der Waals surface area contributed by atoms with E-state index in [9.17, 15) is 0 Å². The van der Waals surface area contributed by atoms with E-state index in [0.29, 0.717) is 5.92 Å². The summed E-state index contributed by atoms with van der Waals surface area (Å²) in [6.45, 7) is 4.20. The summed E-state index contributed by atoms with van der Waals surface area (Å²) in [7, 11) is 0. The molecule has 0 fully saturated rings. The van der Waals surface area contributed by atoms with E-state index in [1.54, 1.807) is 0 Å². The minimum absolute atomic E-state index is 0.0415. The zero-order valence-corrected chi connectivity index (χ0v) is 9.89. The van der Waals surface area contributed by atoms with Gasteiger partial charge in [-0.15, -0.1) is 10.2 Å². The maximum atomic E-state index is 9.05. The third-order valence-corrected chi connectivity index (χ3v) is 3.00. The topological polar surface area (TPSA) is 58.0 Å². The normalized spacial score (nSPS) is 13.3. The molecular formula is C7H12BrN3OS. The number of aliphatic hydroxyl groups excluding tert-OH is 1. The Hall–Kier alpha value is -0.200. The summed E-state index contributed by atoms with van der Waals surface area (Å²) in [4.78, 5) is 0. The Bertz CT molecular complexity index is 266. The van der Waals surface area contributed by atoms with E-state index in [2.05, 4.69) is 31.4 Å². The van der Waals surface area contributed by atoms with Crippen molar-refractivity contribution in [3.63, 3.8) is 0 Å². The second kappa shape index (κ2) is 4.88. The molecule has 2 N–H and O–H groups in total. The van der Waals surface area contributed by atoms with Crippen LogP contribution in [-0.4, -0.2) is 28.0 Å². The molecular weight excluding hydrogens is 254 g/mol. The average Bonchev–Trinajstić information content (AvgIpc) is 2.46. The van der Waals surface area contributed by atoms with Gasteiger partial charge in [0.2, 0.25) is 5.13 Å². The largest absolute Gasteiger partial charge is 0.394 e. The van der Waals surface area contributed by atoms with Gasteiger partial charge in [-0.05, 0) is 21.8 Å². The van der Waals surface area contributed by atoms with Crippen molar-refractivity contribution < 1.29 is 5.11 Å². The predicted molar refractivity (Wildman–Crippen MR) is 56.9 cm³/mol. The molecule has 74 valence electrons. The van der Waals surface area contributed by atoms with E-state index < -0.39 is 0 Å². The molecule has 4 nitrogen and oxygen atoms in total. The number of hydrogen-bond acceptors (Lipinski definition) is 5. The third kappa shape index (κ3) is 3.21. The molecule has 0 saturated heterocycles. The minimum atomic E-state index is 0.0415. The molecule has 0 aliphatic heterocycles. The number of nitrogens with zero attached hydrogens (tertiary/aromatic N) is 2. The second-order valence-electron chi connectivity index (χ2n) is 3.04. The van der Waals surface area contributed by atoms with Gasteiger partial charge in [0.25, 0.3) is 0 Å². The van der Waals surface area contributed by atoms with Crippen LogP contribution in [0.3, 0.4) is 0 Å². The van der Waals surface area contributed by atoms with Crippen molar-refractivity contribution in [1.82, 2.24) is 10.2 Å². The van der Waals surface area contributed by atoms with Crippen LogP contribution in [0.5, 0.6) is 0 Å². The highest BCUT2D eigenvalue weighted by molar-refractivity contribution is 9.11. The Balaban J connectivity index is 2.56. The number of aliphatic hydroxyl groups is 1.